The third kappa shape index (κ3) is 3.18. The summed E-state index contributed by atoms with van der Waals surface area (Å²) in [5.74, 6) is 0. The molecule has 0 aliphatic heterocycles. The fraction of sp³-hybridized carbons (Fsp3) is 0.143. The Morgan fingerprint density at radius 1 is 1.00 bits per heavy atom. The number of non-ortho nitro benzene ring substituents is 1. The second kappa shape index (κ2) is 6.24. The summed E-state index contributed by atoms with van der Waals surface area (Å²) < 4.78 is 26.1. The Balaban J connectivity index is 2.50. The quantitative estimate of drug-likeness (QED) is 0.602. The van der Waals surface area contributed by atoms with Gasteiger partial charge in [0.1, 0.15) is 0 Å². The van der Waals surface area contributed by atoms with Crippen LogP contribution in [0.15, 0.2) is 47.4 Å². The first-order valence-corrected chi connectivity index (χ1v) is 8.07. The van der Waals surface area contributed by atoms with Gasteiger partial charge in [0.15, 0.2) is 0 Å². The Morgan fingerprint density at radius 2 is 1.67 bits per heavy atom. The van der Waals surface area contributed by atoms with E-state index in [9.17, 15) is 28.6 Å². The van der Waals surface area contributed by atoms with Gasteiger partial charge in [0.05, 0.1) is 20.4 Å². The van der Waals surface area contributed by atoms with Crippen LogP contribution in [-0.4, -0.2) is 25.3 Å². The minimum absolute atomic E-state index is 0.0763. The van der Waals surface area contributed by atoms with Gasteiger partial charge in [-0.3, -0.25) is 24.5 Å². The van der Waals surface area contributed by atoms with Crippen LogP contribution in [0.25, 0.3) is 0 Å². The van der Waals surface area contributed by atoms with Crippen LogP contribution in [0.4, 0.5) is 17.1 Å². The van der Waals surface area contributed by atoms with Crippen LogP contribution in [0.1, 0.15) is 5.56 Å². The van der Waals surface area contributed by atoms with E-state index >= 15 is 0 Å². The number of nitro benzene ring substituents is 2. The number of aryl methyl sites for hydroxylation is 1. The lowest BCUT2D eigenvalue weighted by Crippen LogP contribution is -2.26. The molecule has 9 nitrogen and oxygen atoms in total. The normalized spacial score (nSPS) is 11.1. The van der Waals surface area contributed by atoms with E-state index in [-0.39, 0.29) is 22.0 Å². The van der Waals surface area contributed by atoms with E-state index in [1.54, 1.807) is 0 Å². The molecule has 0 unspecified atom stereocenters. The van der Waals surface area contributed by atoms with Crippen LogP contribution < -0.4 is 4.31 Å². The highest BCUT2D eigenvalue weighted by molar-refractivity contribution is 7.92. The average Bonchev–Trinajstić information content (AvgIpc) is 2.54. The van der Waals surface area contributed by atoms with Crippen molar-refractivity contribution in [3.8, 4) is 0 Å². The van der Waals surface area contributed by atoms with E-state index in [0.29, 0.717) is 5.56 Å². The third-order valence-electron chi connectivity index (χ3n) is 3.44. The lowest BCUT2D eigenvalue weighted by molar-refractivity contribution is -0.385. The maximum Gasteiger partial charge on any atom is 0.273 e. The molecule has 0 saturated heterocycles. The van der Waals surface area contributed by atoms with Crippen molar-refractivity contribution in [3.63, 3.8) is 0 Å². The van der Waals surface area contributed by atoms with Crippen molar-refractivity contribution in [1.29, 1.82) is 0 Å². The highest BCUT2D eigenvalue weighted by atomic mass is 32.2. The van der Waals surface area contributed by atoms with Crippen molar-refractivity contribution in [2.75, 3.05) is 11.4 Å². The number of nitrogens with zero attached hydrogens (tertiary/aromatic N) is 3. The van der Waals surface area contributed by atoms with Crippen LogP contribution in [0.2, 0.25) is 0 Å². The summed E-state index contributed by atoms with van der Waals surface area (Å²) in [4.78, 5) is 20.2. The maximum absolute atomic E-state index is 12.6. The number of hydrogen-bond donors (Lipinski definition) is 0. The molecule has 0 radical (unpaired) electrons. The summed E-state index contributed by atoms with van der Waals surface area (Å²) in [7, 11) is -2.88. The Morgan fingerprint density at radius 3 is 2.25 bits per heavy atom. The average molecular weight is 351 g/mol. The molecule has 0 saturated carbocycles. The van der Waals surface area contributed by atoms with E-state index < -0.39 is 19.9 Å². The lowest BCUT2D eigenvalue weighted by atomic mass is 10.2. The van der Waals surface area contributed by atoms with Crippen LogP contribution in [0.3, 0.4) is 0 Å². The number of sulfonamides is 1. The number of hydrogen-bond acceptors (Lipinski definition) is 6. The van der Waals surface area contributed by atoms with Gasteiger partial charge in [-0.2, -0.15) is 0 Å². The Labute approximate surface area is 137 Å². The maximum atomic E-state index is 12.6. The highest BCUT2D eigenvalue weighted by Gasteiger charge is 2.25. The molecule has 2 aromatic rings. The topological polar surface area (TPSA) is 124 Å². The van der Waals surface area contributed by atoms with Crippen molar-refractivity contribution >= 4 is 27.1 Å². The lowest BCUT2D eigenvalue weighted by Gasteiger charge is -2.19. The minimum atomic E-state index is -4.10. The van der Waals surface area contributed by atoms with Gasteiger partial charge < -0.3 is 0 Å². The molecule has 0 fully saturated rings. The number of benzene rings is 2. The van der Waals surface area contributed by atoms with Crippen molar-refractivity contribution in [3.05, 3.63) is 68.3 Å². The molecular weight excluding hydrogens is 338 g/mol. The zero-order chi connectivity index (χ0) is 18.1. The fourth-order valence-corrected chi connectivity index (χ4v) is 3.25. The first kappa shape index (κ1) is 17.3. The van der Waals surface area contributed by atoms with E-state index in [4.69, 9.17) is 0 Å². The Kier molecular flexibility index (Phi) is 4.51. The summed E-state index contributed by atoms with van der Waals surface area (Å²) in [6.45, 7) is 1.50. The van der Waals surface area contributed by atoms with Crippen LogP contribution in [-0.2, 0) is 10.0 Å². The number of anilines is 1. The molecular formula is C14H13N3O6S. The van der Waals surface area contributed by atoms with E-state index in [0.717, 1.165) is 16.4 Å². The zero-order valence-corrected chi connectivity index (χ0v) is 13.6. The summed E-state index contributed by atoms with van der Waals surface area (Å²) in [6.07, 6.45) is 0. The van der Waals surface area contributed by atoms with E-state index in [1.807, 2.05) is 0 Å². The Bertz CT molecular complexity index is 926. The molecule has 0 bridgehead atoms. The summed E-state index contributed by atoms with van der Waals surface area (Å²) in [6, 6.07) is 8.67. The minimum Gasteiger partial charge on any atom is -0.269 e. The van der Waals surface area contributed by atoms with Crippen molar-refractivity contribution < 1.29 is 18.3 Å². The van der Waals surface area contributed by atoms with Gasteiger partial charge in [-0.05, 0) is 19.1 Å². The van der Waals surface area contributed by atoms with Crippen molar-refractivity contribution in [2.45, 2.75) is 11.8 Å². The van der Waals surface area contributed by atoms with Gasteiger partial charge in [-0.1, -0.05) is 12.1 Å². The molecule has 10 heteroatoms. The SMILES string of the molecule is Cc1ccc(S(=O)(=O)N(C)c2cccc([N+](=O)[O-])c2)cc1[N+](=O)[O-]. The standard InChI is InChI=1S/C14H13N3O6S/c1-10-6-7-13(9-14(10)17(20)21)24(22,23)15(2)11-4-3-5-12(8-11)16(18)19/h3-9H,1-2H3. The summed E-state index contributed by atoms with van der Waals surface area (Å²) in [5.41, 5.74) is -0.169. The second-order valence-electron chi connectivity index (χ2n) is 4.95. The van der Waals surface area contributed by atoms with E-state index in [1.165, 1.54) is 44.3 Å². The van der Waals surface area contributed by atoms with Crippen LogP contribution in [0.5, 0.6) is 0 Å². The molecule has 0 heterocycles. The van der Waals surface area contributed by atoms with E-state index in [2.05, 4.69) is 0 Å². The number of rotatable bonds is 5. The Hall–Kier alpha value is -3.01. The van der Waals surface area contributed by atoms with Crippen LogP contribution in [0, 0.1) is 27.2 Å². The predicted molar refractivity (Wildman–Crippen MR) is 86.5 cm³/mol. The molecule has 0 N–H and O–H groups in total. The predicted octanol–water partition coefficient (Wildman–Crippen LogP) is 2.64. The van der Waals surface area contributed by atoms with Gasteiger partial charge in [-0.15, -0.1) is 0 Å². The molecule has 0 spiro atoms. The zero-order valence-electron chi connectivity index (χ0n) is 12.7. The first-order chi connectivity index (χ1) is 11.1. The molecule has 0 aromatic heterocycles. The van der Waals surface area contributed by atoms with Crippen LogP contribution >= 0.6 is 0 Å². The van der Waals surface area contributed by atoms with Gasteiger partial charge in [0.2, 0.25) is 0 Å². The molecule has 2 rings (SSSR count). The molecule has 0 atom stereocenters. The first-order valence-electron chi connectivity index (χ1n) is 6.63. The highest BCUT2D eigenvalue weighted by Crippen LogP contribution is 2.28. The molecule has 126 valence electrons. The van der Waals surface area contributed by atoms with Gasteiger partial charge in [0, 0.05) is 30.8 Å². The molecule has 0 aliphatic rings. The molecule has 2 aromatic carbocycles. The summed E-state index contributed by atoms with van der Waals surface area (Å²) >= 11 is 0. The van der Waals surface area contributed by atoms with Crippen molar-refractivity contribution in [1.82, 2.24) is 0 Å². The monoisotopic (exact) mass is 351 g/mol. The second-order valence-corrected chi connectivity index (χ2v) is 6.92. The summed E-state index contributed by atoms with van der Waals surface area (Å²) in [5, 5.41) is 21.8. The van der Waals surface area contributed by atoms with Gasteiger partial charge in [-0.25, -0.2) is 8.42 Å². The van der Waals surface area contributed by atoms with Gasteiger partial charge >= 0.3 is 0 Å². The van der Waals surface area contributed by atoms with Gasteiger partial charge in [0.25, 0.3) is 21.4 Å². The largest absolute Gasteiger partial charge is 0.273 e. The smallest absolute Gasteiger partial charge is 0.269 e. The third-order valence-corrected chi connectivity index (χ3v) is 5.22. The van der Waals surface area contributed by atoms with Crippen molar-refractivity contribution in [2.24, 2.45) is 0 Å². The number of nitro groups is 2. The molecule has 0 amide bonds. The molecule has 24 heavy (non-hydrogen) atoms. The fourth-order valence-electron chi connectivity index (χ4n) is 2.05. The molecule has 0 aliphatic carbocycles.